The highest BCUT2D eigenvalue weighted by molar-refractivity contribution is 7.15. The molecule has 0 radical (unpaired) electrons. The third-order valence-electron chi connectivity index (χ3n) is 1.84. The Morgan fingerprint density at radius 2 is 1.56 bits per heavy atom. The number of halogens is 1. The van der Waals surface area contributed by atoms with Crippen LogP contribution in [-0.2, 0) is 25.6 Å². The third kappa shape index (κ3) is 7.91. The molecule has 1 aromatic rings. The van der Waals surface area contributed by atoms with Crippen molar-refractivity contribution in [3.63, 3.8) is 0 Å². The van der Waals surface area contributed by atoms with Gasteiger partial charge >= 0.3 is 0 Å². The largest absolute Gasteiger partial charge is 0.382 e. The fourth-order valence-corrected chi connectivity index (χ4v) is 1.84. The van der Waals surface area contributed by atoms with Crippen molar-refractivity contribution in [2.75, 3.05) is 46.8 Å². The van der Waals surface area contributed by atoms with Crippen LogP contribution in [0.5, 0.6) is 0 Å². The van der Waals surface area contributed by atoms with Gasteiger partial charge in [-0.25, -0.2) is 0 Å². The van der Waals surface area contributed by atoms with Crippen LogP contribution in [0.3, 0.4) is 0 Å². The molecule has 0 atom stereocenters. The average Bonchev–Trinajstić information content (AvgIpc) is 2.77. The average molecular weight is 297 g/mol. The second kappa shape index (κ2) is 10.6. The van der Waals surface area contributed by atoms with Gasteiger partial charge in [0.05, 0.1) is 39.6 Å². The van der Waals surface area contributed by atoms with E-state index >= 15 is 0 Å². The molecule has 0 saturated carbocycles. The third-order valence-corrected chi connectivity index (χ3v) is 2.84. The van der Waals surface area contributed by atoms with Crippen LogP contribution in [0, 0.1) is 0 Å². The fraction of sp³-hybridized carbons (Fsp3) is 0.800. The molecule has 0 bridgehead atoms. The molecule has 1 rings (SSSR count). The van der Waals surface area contributed by atoms with Gasteiger partial charge in [-0.15, -0.1) is 10.2 Å². The van der Waals surface area contributed by atoms with Gasteiger partial charge in [-0.05, 0) is 11.6 Å². The highest BCUT2D eigenvalue weighted by Gasteiger charge is 2.01. The molecule has 8 heteroatoms. The molecule has 0 saturated heterocycles. The lowest BCUT2D eigenvalue weighted by molar-refractivity contribution is 0.000794. The van der Waals surface area contributed by atoms with Gasteiger partial charge in [-0.1, -0.05) is 11.3 Å². The summed E-state index contributed by atoms with van der Waals surface area (Å²) < 4.78 is 21.1. The molecule has 1 heterocycles. The Hall–Kier alpha value is -0.310. The van der Waals surface area contributed by atoms with Gasteiger partial charge in [-0.3, -0.25) is 0 Å². The van der Waals surface area contributed by atoms with Crippen molar-refractivity contribution in [1.29, 1.82) is 0 Å². The predicted molar refractivity (Wildman–Crippen MR) is 68.1 cm³/mol. The minimum absolute atomic E-state index is 0.415. The van der Waals surface area contributed by atoms with Gasteiger partial charge in [0.2, 0.25) is 4.47 Å². The maximum Gasteiger partial charge on any atom is 0.207 e. The van der Waals surface area contributed by atoms with Crippen LogP contribution in [0.25, 0.3) is 0 Å². The Morgan fingerprint density at radius 1 is 0.944 bits per heavy atom. The molecule has 0 aromatic carbocycles. The van der Waals surface area contributed by atoms with Crippen molar-refractivity contribution >= 4 is 22.9 Å². The summed E-state index contributed by atoms with van der Waals surface area (Å²) in [5, 5.41) is 8.27. The van der Waals surface area contributed by atoms with Gasteiger partial charge in [0.25, 0.3) is 0 Å². The van der Waals surface area contributed by atoms with Crippen LogP contribution in [0.2, 0.25) is 4.47 Å². The number of rotatable bonds is 11. The minimum atomic E-state index is 0.415. The van der Waals surface area contributed by atoms with E-state index in [1.54, 1.807) is 7.11 Å². The van der Waals surface area contributed by atoms with Gasteiger partial charge < -0.3 is 18.9 Å². The molecule has 0 fully saturated rings. The quantitative estimate of drug-likeness (QED) is 0.575. The second-order valence-corrected chi connectivity index (χ2v) is 4.86. The molecular weight excluding hydrogens is 280 g/mol. The Labute approximate surface area is 115 Å². The maximum absolute atomic E-state index is 5.64. The van der Waals surface area contributed by atoms with Crippen molar-refractivity contribution in [3.8, 4) is 0 Å². The van der Waals surface area contributed by atoms with E-state index in [0.29, 0.717) is 50.7 Å². The fourth-order valence-electron chi connectivity index (χ4n) is 1.03. The van der Waals surface area contributed by atoms with Crippen LogP contribution in [0.4, 0.5) is 0 Å². The first kappa shape index (κ1) is 15.7. The summed E-state index contributed by atoms with van der Waals surface area (Å²) in [5.41, 5.74) is 0. The number of methoxy groups -OCH3 is 1. The van der Waals surface area contributed by atoms with E-state index in [-0.39, 0.29) is 0 Å². The van der Waals surface area contributed by atoms with Crippen LogP contribution in [-0.4, -0.2) is 56.9 Å². The Morgan fingerprint density at radius 3 is 2.11 bits per heavy atom. The summed E-state index contributed by atoms with van der Waals surface area (Å²) in [5.74, 6) is 0. The van der Waals surface area contributed by atoms with Gasteiger partial charge in [0.15, 0.2) is 0 Å². The standard InChI is InChI=1S/C10H17ClN2O4S/c1-14-2-3-15-4-5-16-6-7-17-8-9-12-13-10(11)18-9/h2-8H2,1H3. The summed E-state index contributed by atoms with van der Waals surface area (Å²) in [6.07, 6.45) is 0. The zero-order chi connectivity index (χ0) is 13.1. The molecule has 0 N–H and O–H groups in total. The highest BCUT2D eigenvalue weighted by Crippen LogP contribution is 2.15. The van der Waals surface area contributed by atoms with Crippen molar-refractivity contribution in [3.05, 3.63) is 9.47 Å². The topological polar surface area (TPSA) is 62.7 Å². The van der Waals surface area contributed by atoms with Crippen molar-refractivity contribution in [2.24, 2.45) is 0 Å². The van der Waals surface area contributed by atoms with E-state index in [2.05, 4.69) is 10.2 Å². The second-order valence-electron chi connectivity index (χ2n) is 3.22. The zero-order valence-electron chi connectivity index (χ0n) is 10.3. The summed E-state index contributed by atoms with van der Waals surface area (Å²) in [4.78, 5) is 0. The number of aromatic nitrogens is 2. The number of nitrogens with zero attached hydrogens (tertiary/aromatic N) is 2. The molecule has 104 valence electrons. The van der Waals surface area contributed by atoms with Crippen molar-refractivity contribution < 1.29 is 18.9 Å². The van der Waals surface area contributed by atoms with Crippen LogP contribution < -0.4 is 0 Å². The van der Waals surface area contributed by atoms with Crippen LogP contribution in [0.15, 0.2) is 0 Å². The number of hydrogen-bond acceptors (Lipinski definition) is 7. The maximum atomic E-state index is 5.64. The minimum Gasteiger partial charge on any atom is -0.382 e. The highest BCUT2D eigenvalue weighted by atomic mass is 35.5. The molecule has 0 aliphatic rings. The normalized spacial score (nSPS) is 11.0. The van der Waals surface area contributed by atoms with Crippen molar-refractivity contribution in [2.45, 2.75) is 6.61 Å². The molecule has 6 nitrogen and oxygen atoms in total. The van der Waals surface area contributed by atoms with Gasteiger partial charge in [-0.2, -0.15) is 0 Å². The summed E-state index contributed by atoms with van der Waals surface area (Å²) >= 11 is 6.95. The van der Waals surface area contributed by atoms with E-state index in [0.717, 1.165) is 5.01 Å². The van der Waals surface area contributed by atoms with Crippen molar-refractivity contribution in [1.82, 2.24) is 10.2 Å². The summed E-state index contributed by atoms with van der Waals surface area (Å²) in [7, 11) is 1.64. The zero-order valence-corrected chi connectivity index (χ0v) is 11.8. The summed E-state index contributed by atoms with van der Waals surface area (Å²) in [6.45, 7) is 3.77. The number of hydrogen-bond donors (Lipinski definition) is 0. The molecule has 18 heavy (non-hydrogen) atoms. The molecule has 0 aliphatic carbocycles. The van der Waals surface area contributed by atoms with Crippen LogP contribution >= 0.6 is 22.9 Å². The van der Waals surface area contributed by atoms with E-state index in [1.807, 2.05) is 0 Å². The van der Waals surface area contributed by atoms with Crippen LogP contribution in [0.1, 0.15) is 5.01 Å². The molecule has 0 spiro atoms. The summed E-state index contributed by atoms with van der Waals surface area (Å²) in [6, 6.07) is 0. The lowest BCUT2D eigenvalue weighted by atomic mass is 10.7. The molecular formula is C10H17ClN2O4S. The van der Waals surface area contributed by atoms with E-state index < -0.39 is 0 Å². The van der Waals surface area contributed by atoms with E-state index in [4.69, 9.17) is 30.5 Å². The molecule has 0 amide bonds. The first-order valence-corrected chi connectivity index (χ1v) is 6.72. The lowest BCUT2D eigenvalue weighted by Crippen LogP contribution is -2.11. The Kier molecular flexibility index (Phi) is 9.27. The smallest absolute Gasteiger partial charge is 0.207 e. The molecule has 0 aliphatic heterocycles. The van der Waals surface area contributed by atoms with Gasteiger partial charge in [0, 0.05) is 7.11 Å². The Balaban J connectivity index is 1.81. The monoisotopic (exact) mass is 296 g/mol. The first-order chi connectivity index (χ1) is 8.83. The van der Waals surface area contributed by atoms with E-state index in [1.165, 1.54) is 11.3 Å². The van der Waals surface area contributed by atoms with E-state index in [9.17, 15) is 0 Å². The Bertz CT molecular complexity index is 314. The SMILES string of the molecule is COCCOCCOCCOCc1nnc(Cl)s1. The lowest BCUT2D eigenvalue weighted by Gasteiger charge is -2.05. The first-order valence-electron chi connectivity index (χ1n) is 5.53. The number of ether oxygens (including phenoxy) is 4. The predicted octanol–water partition coefficient (Wildman–Crippen LogP) is 1.39. The molecule has 0 unspecified atom stereocenters. The van der Waals surface area contributed by atoms with Gasteiger partial charge in [0.1, 0.15) is 11.6 Å². The molecule has 1 aromatic heterocycles.